The second-order valence-corrected chi connectivity index (χ2v) is 5.03. The van der Waals surface area contributed by atoms with Crippen LogP contribution in [0.3, 0.4) is 0 Å². The molecule has 0 radical (unpaired) electrons. The first-order valence-corrected chi connectivity index (χ1v) is 7.34. The molecule has 19 heavy (non-hydrogen) atoms. The molecule has 2 aromatic rings. The number of nitrogens with one attached hydrogen (secondary N) is 1. The molecule has 1 N–H and O–H groups in total. The third-order valence-corrected chi connectivity index (χ3v) is 3.66. The maximum Gasteiger partial charge on any atom is 0.161 e. The molecule has 1 aromatic carbocycles. The third kappa shape index (κ3) is 2.57. The summed E-state index contributed by atoms with van der Waals surface area (Å²) < 4.78 is 11.2. The minimum Gasteiger partial charge on any atom is -0.486 e. The third-order valence-electron chi connectivity index (χ3n) is 3.06. The van der Waals surface area contributed by atoms with Crippen LogP contribution < -0.4 is 14.8 Å². The number of hydrogen-bond donors (Lipinski definition) is 1. The molecule has 0 fully saturated rings. The van der Waals surface area contributed by atoms with Crippen molar-refractivity contribution in [2.24, 2.45) is 0 Å². The molecule has 0 amide bonds. The van der Waals surface area contributed by atoms with Crippen molar-refractivity contribution >= 4 is 11.3 Å². The number of fused-ring (bicyclic) bond motifs is 1. The van der Waals surface area contributed by atoms with Crippen LogP contribution in [-0.2, 0) is 0 Å². The Morgan fingerprint density at radius 3 is 2.89 bits per heavy atom. The first kappa shape index (κ1) is 12.4. The van der Waals surface area contributed by atoms with Crippen molar-refractivity contribution in [3.63, 3.8) is 0 Å². The predicted molar refractivity (Wildman–Crippen MR) is 75.1 cm³/mol. The van der Waals surface area contributed by atoms with Crippen molar-refractivity contribution < 1.29 is 9.47 Å². The number of hydrogen-bond acceptors (Lipinski definition) is 5. The highest BCUT2D eigenvalue weighted by Crippen LogP contribution is 2.34. The Morgan fingerprint density at radius 2 is 2.16 bits per heavy atom. The summed E-state index contributed by atoms with van der Waals surface area (Å²) in [5, 5.41) is 5.53. The van der Waals surface area contributed by atoms with Gasteiger partial charge in [-0.05, 0) is 24.2 Å². The zero-order valence-electron chi connectivity index (χ0n) is 10.8. The van der Waals surface area contributed by atoms with E-state index in [-0.39, 0.29) is 6.04 Å². The Kier molecular flexibility index (Phi) is 3.66. The van der Waals surface area contributed by atoms with Crippen molar-refractivity contribution in [3.8, 4) is 11.5 Å². The van der Waals surface area contributed by atoms with E-state index in [9.17, 15) is 0 Å². The van der Waals surface area contributed by atoms with Crippen LogP contribution in [0.4, 0.5) is 0 Å². The Hall–Kier alpha value is -1.59. The van der Waals surface area contributed by atoms with Crippen LogP contribution in [0.5, 0.6) is 11.5 Å². The fraction of sp³-hybridized carbons (Fsp3) is 0.357. The minimum absolute atomic E-state index is 0.104. The van der Waals surface area contributed by atoms with Crippen LogP contribution in [0.25, 0.3) is 0 Å². The monoisotopic (exact) mass is 276 g/mol. The van der Waals surface area contributed by atoms with Gasteiger partial charge in [-0.15, -0.1) is 11.3 Å². The van der Waals surface area contributed by atoms with Crippen molar-refractivity contribution in [3.05, 3.63) is 40.3 Å². The maximum atomic E-state index is 5.64. The van der Waals surface area contributed by atoms with Gasteiger partial charge in [0.2, 0.25) is 0 Å². The first-order valence-electron chi connectivity index (χ1n) is 6.39. The Balaban J connectivity index is 1.94. The maximum absolute atomic E-state index is 5.64. The van der Waals surface area contributed by atoms with Crippen molar-refractivity contribution in [2.45, 2.75) is 13.0 Å². The molecule has 4 nitrogen and oxygen atoms in total. The van der Waals surface area contributed by atoms with Crippen LogP contribution in [-0.4, -0.2) is 24.7 Å². The normalized spacial score (nSPS) is 15.2. The topological polar surface area (TPSA) is 43.4 Å². The van der Waals surface area contributed by atoms with Crippen molar-refractivity contribution in [1.82, 2.24) is 10.3 Å². The Bertz CT molecular complexity index is 542. The zero-order chi connectivity index (χ0) is 13.1. The van der Waals surface area contributed by atoms with Gasteiger partial charge in [-0.1, -0.05) is 13.0 Å². The fourth-order valence-electron chi connectivity index (χ4n) is 2.20. The molecule has 0 bridgehead atoms. The molecule has 2 heterocycles. The van der Waals surface area contributed by atoms with Gasteiger partial charge in [0.05, 0.1) is 17.2 Å². The minimum atomic E-state index is 0.104. The predicted octanol–water partition coefficient (Wildman–Crippen LogP) is 2.61. The summed E-state index contributed by atoms with van der Waals surface area (Å²) in [5.74, 6) is 1.64. The van der Waals surface area contributed by atoms with Gasteiger partial charge in [-0.25, -0.2) is 4.98 Å². The second kappa shape index (κ2) is 5.59. The van der Waals surface area contributed by atoms with Crippen LogP contribution in [0.1, 0.15) is 24.2 Å². The second-order valence-electron chi connectivity index (χ2n) is 4.31. The molecular weight excluding hydrogens is 260 g/mol. The van der Waals surface area contributed by atoms with E-state index >= 15 is 0 Å². The van der Waals surface area contributed by atoms with Crippen LogP contribution in [0.2, 0.25) is 0 Å². The molecule has 0 saturated carbocycles. The van der Waals surface area contributed by atoms with Gasteiger partial charge in [0, 0.05) is 5.38 Å². The molecule has 1 aromatic heterocycles. The first-order chi connectivity index (χ1) is 9.38. The molecule has 1 aliphatic heterocycles. The van der Waals surface area contributed by atoms with E-state index in [1.807, 2.05) is 17.6 Å². The van der Waals surface area contributed by atoms with Crippen LogP contribution in [0.15, 0.2) is 29.1 Å². The number of benzene rings is 1. The van der Waals surface area contributed by atoms with Crippen molar-refractivity contribution in [2.75, 3.05) is 19.8 Å². The summed E-state index contributed by atoms with van der Waals surface area (Å²) in [6, 6.07) is 6.19. The fourth-order valence-corrected chi connectivity index (χ4v) is 2.78. The molecule has 100 valence electrons. The number of thiazole rings is 1. The molecule has 0 aliphatic carbocycles. The standard InChI is InChI=1S/C14H16N2O2S/c1-2-15-14(11-8-19-9-16-11)10-3-4-12-13(7-10)18-6-5-17-12/h3-4,7-9,14-15H,2,5-6H2,1H3. The molecule has 0 saturated heterocycles. The highest BCUT2D eigenvalue weighted by atomic mass is 32.1. The van der Waals surface area contributed by atoms with Gasteiger partial charge >= 0.3 is 0 Å². The molecular formula is C14H16N2O2S. The van der Waals surface area contributed by atoms with E-state index in [2.05, 4.69) is 28.7 Å². The lowest BCUT2D eigenvalue weighted by Crippen LogP contribution is -2.23. The number of nitrogens with zero attached hydrogens (tertiary/aromatic N) is 1. The van der Waals surface area contributed by atoms with Gasteiger partial charge < -0.3 is 14.8 Å². The molecule has 0 spiro atoms. The van der Waals surface area contributed by atoms with E-state index < -0.39 is 0 Å². The summed E-state index contributed by atoms with van der Waals surface area (Å²) in [6.07, 6.45) is 0. The largest absolute Gasteiger partial charge is 0.486 e. The van der Waals surface area contributed by atoms with E-state index in [0.29, 0.717) is 13.2 Å². The number of ether oxygens (including phenoxy) is 2. The van der Waals surface area contributed by atoms with Gasteiger partial charge in [0.25, 0.3) is 0 Å². The lowest BCUT2D eigenvalue weighted by molar-refractivity contribution is 0.171. The highest BCUT2D eigenvalue weighted by Gasteiger charge is 2.18. The van der Waals surface area contributed by atoms with Gasteiger partial charge in [-0.2, -0.15) is 0 Å². The van der Waals surface area contributed by atoms with E-state index in [0.717, 1.165) is 29.3 Å². The van der Waals surface area contributed by atoms with E-state index in [4.69, 9.17) is 9.47 Å². The van der Waals surface area contributed by atoms with Gasteiger partial charge in [0.1, 0.15) is 13.2 Å². The number of rotatable bonds is 4. The quantitative estimate of drug-likeness (QED) is 0.932. The summed E-state index contributed by atoms with van der Waals surface area (Å²) in [5.41, 5.74) is 4.05. The smallest absolute Gasteiger partial charge is 0.161 e. The van der Waals surface area contributed by atoms with Gasteiger partial charge in [0.15, 0.2) is 11.5 Å². The average Bonchev–Trinajstić information content (AvgIpc) is 2.98. The van der Waals surface area contributed by atoms with E-state index in [1.165, 1.54) is 0 Å². The Morgan fingerprint density at radius 1 is 1.32 bits per heavy atom. The van der Waals surface area contributed by atoms with Crippen molar-refractivity contribution in [1.29, 1.82) is 0 Å². The number of aromatic nitrogens is 1. The summed E-state index contributed by atoms with van der Waals surface area (Å²) >= 11 is 1.61. The molecule has 1 atom stereocenters. The highest BCUT2D eigenvalue weighted by molar-refractivity contribution is 7.07. The Labute approximate surface area is 116 Å². The average molecular weight is 276 g/mol. The zero-order valence-corrected chi connectivity index (χ0v) is 11.6. The van der Waals surface area contributed by atoms with Crippen LogP contribution in [0, 0.1) is 0 Å². The molecule has 1 unspecified atom stereocenters. The molecule has 3 rings (SSSR count). The summed E-state index contributed by atoms with van der Waals surface area (Å²) in [6.45, 7) is 4.21. The van der Waals surface area contributed by atoms with Gasteiger partial charge in [-0.3, -0.25) is 0 Å². The molecule has 5 heteroatoms. The molecule has 1 aliphatic rings. The van der Waals surface area contributed by atoms with Crippen LogP contribution >= 0.6 is 11.3 Å². The lowest BCUT2D eigenvalue weighted by atomic mass is 10.0. The SMILES string of the molecule is CCNC(c1ccc2c(c1)OCCO2)c1cscn1. The summed E-state index contributed by atoms with van der Waals surface area (Å²) in [4.78, 5) is 4.41. The lowest BCUT2D eigenvalue weighted by Gasteiger charge is -2.22. The summed E-state index contributed by atoms with van der Waals surface area (Å²) in [7, 11) is 0. The van der Waals surface area contributed by atoms with E-state index in [1.54, 1.807) is 11.3 Å².